The van der Waals surface area contributed by atoms with Gasteiger partial charge in [0.25, 0.3) is 5.91 Å². The lowest BCUT2D eigenvalue weighted by atomic mass is 10.1. The molecule has 1 saturated carbocycles. The zero-order valence-corrected chi connectivity index (χ0v) is 16.8. The Balaban J connectivity index is 1.65. The maximum absolute atomic E-state index is 13.3. The molecular weight excluding hydrogens is 385 g/mol. The van der Waals surface area contributed by atoms with Crippen LogP contribution in [0.3, 0.4) is 0 Å². The lowest BCUT2D eigenvalue weighted by molar-refractivity contribution is -0.129. The van der Waals surface area contributed by atoms with Crippen LogP contribution in [0.15, 0.2) is 54.7 Å². The van der Waals surface area contributed by atoms with E-state index in [-0.39, 0.29) is 23.3 Å². The average Bonchev–Trinajstić information content (AvgIpc) is 3.43. The SMILES string of the molecule is Cc1ccc(-c2nn(-c3ccc(F)cc3)cc2C(=O)O[C@H](C)C(=O)NC2CC2)cc1. The third-order valence-electron chi connectivity index (χ3n) is 4.93. The molecule has 1 aromatic heterocycles. The number of hydrogen-bond donors (Lipinski definition) is 1. The topological polar surface area (TPSA) is 73.2 Å². The molecule has 0 spiro atoms. The second-order valence-electron chi connectivity index (χ2n) is 7.51. The third kappa shape index (κ3) is 4.40. The zero-order chi connectivity index (χ0) is 21.3. The Hall–Kier alpha value is -3.48. The van der Waals surface area contributed by atoms with Crippen molar-refractivity contribution in [1.29, 1.82) is 0 Å². The summed E-state index contributed by atoms with van der Waals surface area (Å²) in [6.07, 6.45) is 2.53. The molecule has 3 aromatic rings. The number of halogens is 1. The molecule has 0 bridgehead atoms. The number of esters is 1. The molecular formula is C23H22FN3O3. The van der Waals surface area contributed by atoms with Crippen LogP contribution in [0.25, 0.3) is 16.9 Å². The predicted octanol–water partition coefficient (Wildman–Crippen LogP) is 3.81. The number of carbonyl (C=O) groups excluding carboxylic acids is 2. The van der Waals surface area contributed by atoms with Crippen LogP contribution in [0.1, 0.15) is 35.7 Å². The van der Waals surface area contributed by atoms with E-state index in [1.807, 2.05) is 31.2 Å². The summed E-state index contributed by atoms with van der Waals surface area (Å²) in [4.78, 5) is 25.1. The van der Waals surface area contributed by atoms with Crippen molar-refractivity contribution in [2.24, 2.45) is 0 Å². The molecule has 1 aliphatic carbocycles. The van der Waals surface area contributed by atoms with Gasteiger partial charge >= 0.3 is 5.97 Å². The molecule has 2 aromatic carbocycles. The monoisotopic (exact) mass is 407 g/mol. The molecule has 0 saturated heterocycles. The fourth-order valence-corrected chi connectivity index (χ4v) is 3.00. The van der Waals surface area contributed by atoms with Gasteiger partial charge in [-0.25, -0.2) is 13.9 Å². The first-order valence-corrected chi connectivity index (χ1v) is 9.85. The maximum atomic E-state index is 13.3. The molecule has 0 unspecified atom stereocenters. The highest BCUT2D eigenvalue weighted by Gasteiger charge is 2.28. The van der Waals surface area contributed by atoms with E-state index in [4.69, 9.17) is 4.74 Å². The third-order valence-corrected chi connectivity index (χ3v) is 4.93. The zero-order valence-electron chi connectivity index (χ0n) is 16.8. The minimum atomic E-state index is -0.918. The van der Waals surface area contributed by atoms with Crippen molar-refractivity contribution in [1.82, 2.24) is 15.1 Å². The van der Waals surface area contributed by atoms with Crippen molar-refractivity contribution in [2.45, 2.75) is 38.8 Å². The first-order chi connectivity index (χ1) is 14.4. The summed E-state index contributed by atoms with van der Waals surface area (Å²) in [6, 6.07) is 13.6. The van der Waals surface area contributed by atoms with Gasteiger partial charge in [-0.1, -0.05) is 29.8 Å². The maximum Gasteiger partial charge on any atom is 0.342 e. The molecule has 1 amide bonds. The van der Waals surface area contributed by atoms with Crippen molar-refractivity contribution in [3.63, 3.8) is 0 Å². The number of carbonyl (C=O) groups is 2. The summed E-state index contributed by atoms with van der Waals surface area (Å²) >= 11 is 0. The number of aryl methyl sites for hydroxylation is 1. The highest BCUT2D eigenvalue weighted by Crippen LogP contribution is 2.26. The van der Waals surface area contributed by atoms with Crippen LogP contribution >= 0.6 is 0 Å². The van der Waals surface area contributed by atoms with E-state index in [0.717, 1.165) is 24.0 Å². The van der Waals surface area contributed by atoms with Gasteiger partial charge in [0.1, 0.15) is 17.1 Å². The number of amides is 1. The Kier molecular flexibility index (Phi) is 5.35. The summed E-state index contributed by atoms with van der Waals surface area (Å²) < 4.78 is 20.2. The number of hydrogen-bond acceptors (Lipinski definition) is 4. The van der Waals surface area contributed by atoms with Crippen molar-refractivity contribution in [2.75, 3.05) is 0 Å². The van der Waals surface area contributed by atoms with Crippen LogP contribution in [0.2, 0.25) is 0 Å². The van der Waals surface area contributed by atoms with Crippen molar-refractivity contribution in [3.05, 3.63) is 71.7 Å². The molecule has 154 valence electrons. The smallest absolute Gasteiger partial charge is 0.342 e. The van der Waals surface area contributed by atoms with Crippen LogP contribution in [0.4, 0.5) is 4.39 Å². The second-order valence-corrected chi connectivity index (χ2v) is 7.51. The van der Waals surface area contributed by atoms with Crippen molar-refractivity contribution < 1.29 is 18.7 Å². The molecule has 1 aliphatic rings. The van der Waals surface area contributed by atoms with Crippen LogP contribution in [0.5, 0.6) is 0 Å². The Bertz CT molecular complexity index is 1070. The molecule has 0 aliphatic heterocycles. The highest BCUT2D eigenvalue weighted by atomic mass is 19.1. The van der Waals surface area contributed by atoms with Crippen LogP contribution in [0, 0.1) is 12.7 Å². The van der Waals surface area contributed by atoms with E-state index in [1.54, 1.807) is 19.1 Å². The highest BCUT2D eigenvalue weighted by molar-refractivity contribution is 5.97. The first-order valence-electron chi connectivity index (χ1n) is 9.85. The van der Waals surface area contributed by atoms with Crippen LogP contribution in [-0.4, -0.2) is 33.8 Å². The molecule has 1 heterocycles. The van der Waals surface area contributed by atoms with E-state index in [9.17, 15) is 14.0 Å². The van der Waals surface area contributed by atoms with Crippen molar-refractivity contribution >= 4 is 11.9 Å². The van der Waals surface area contributed by atoms with E-state index in [1.165, 1.54) is 23.0 Å². The number of nitrogens with zero attached hydrogens (tertiary/aromatic N) is 2. The van der Waals surface area contributed by atoms with Crippen LogP contribution in [-0.2, 0) is 9.53 Å². The predicted molar refractivity (Wildman–Crippen MR) is 110 cm³/mol. The van der Waals surface area contributed by atoms with Gasteiger partial charge in [-0.15, -0.1) is 0 Å². The van der Waals surface area contributed by atoms with Gasteiger partial charge in [0.05, 0.1) is 5.69 Å². The number of nitrogens with one attached hydrogen (secondary N) is 1. The minimum absolute atomic E-state index is 0.183. The number of aromatic nitrogens is 2. The molecule has 6 nitrogen and oxygen atoms in total. The molecule has 4 rings (SSSR count). The summed E-state index contributed by atoms with van der Waals surface area (Å²) in [5, 5.41) is 7.36. The van der Waals surface area contributed by atoms with Crippen LogP contribution < -0.4 is 5.32 Å². The van der Waals surface area contributed by atoms with Gasteiger partial charge in [0, 0.05) is 17.8 Å². The molecule has 1 N–H and O–H groups in total. The Morgan fingerprint density at radius 2 is 1.80 bits per heavy atom. The number of benzene rings is 2. The molecule has 30 heavy (non-hydrogen) atoms. The largest absolute Gasteiger partial charge is 0.449 e. The van der Waals surface area contributed by atoms with E-state index >= 15 is 0 Å². The standard InChI is InChI=1S/C23H22FN3O3/c1-14-3-5-16(6-4-14)21-20(13-27(26-21)19-11-7-17(24)8-12-19)23(29)30-15(2)22(28)25-18-9-10-18/h3-8,11-13,15,18H,9-10H2,1-2H3,(H,25,28)/t15-/m1/s1. The summed E-state index contributed by atoms with van der Waals surface area (Å²) in [7, 11) is 0. The molecule has 0 radical (unpaired) electrons. The van der Waals surface area contributed by atoms with E-state index in [0.29, 0.717) is 11.4 Å². The van der Waals surface area contributed by atoms with Crippen molar-refractivity contribution in [3.8, 4) is 16.9 Å². The molecule has 1 atom stereocenters. The normalized spacial score (nSPS) is 14.2. The fourth-order valence-electron chi connectivity index (χ4n) is 3.00. The molecule has 1 fully saturated rings. The van der Waals surface area contributed by atoms with Gasteiger partial charge in [0.2, 0.25) is 0 Å². The van der Waals surface area contributed by atoms with E-state index < -0.39 is 12.1 Å². The Labute approximate surface area is 173 Å². The summed E-state index contributed by atoms with van der Waals surface area (Å²) in [5.41, 5.74) is 3.08. The Morgan fingerprint density at radius 3 is 2.43 bits per heavy atom. The Morgan fingerprint density at radius 1 is 1.13 bits per heavy atom. The first kappa shape index (κ1) is 19.8. The molecule has 7 heteroatoms. The van der Waals surface area contributed by atoms with Gasteiger partial charge in [-0.3, -0.25) is 4.79 Å². The van der Waals surface area contributed by atoms with E-state index in [2.05, 4.69) is 10.4 Å². The quantitative estimate of drug-likeness (QED) is 0.631. The number of ether oxygens (including phenoxy) is 1. The van der Waals surface area contributed by atoms with Gasteiger partial charge < -0.3 is 10.1 Å². The fraction of sp³-hybridized carbons (Fsp3) is 0.261. The second kappa shape index (κ2) is 8.10. The average molecular weight is 407 g/mol. The lowest BCUT2D eigenvalue weighted by Gasteiger charge is -2.13. The summed E-state index contributed by atoms with van der Waals surface area (Å²) in [5.74, 6) is -1.31. The minimum Gasteiger partial charge on any atom is -0.449 e. The number of rotatable bonds is 6. The van der Waals surface area contributed by atoms with Gasteiger partial charge in [-0.05, 0) is 51.0 Å². The van der Waals surface area contributed by atoms with Gasteiger partial charge in [0.15, 0.2) is 6.10 Å². The van der Waals surface area contributed by atoms with Gasteiger partial charge in [-0.2, -0.15) is 5.10 Å². The lowest BCUT2D eigenvalue weighted by Crippen LogP contribution is -2.37. The summed E-state index contributed by atoms with van der Waals surface area (Å²) in [6.45, 7) is 3.52.